The zero-order valence-electron chi connectivity index (χ0n) is 8.17. The lowest BCUT2D eigenvalue weighted by atomic mass is 11.0. The minimum absolute atomic E-state index is 0.209. The van der Waals surface area contributed by atoms with Crippen LogP contribution in [0.5, 0.6) is 0 Å². The van der Waals surface area contributed by atoms with E-state index in [1.807, 2.05) is 0 Å². The second kappa shape index (κ2) is 4.98. The van der Waals surface area contributed by atoms with E-state index in [-0.39, 0.29) is 5.13 Å². The maximum atomic E-state index is 11.4. The van der Waals surface area contributed by atoms with Crippen LogP contribution in [0.25, 0.3) is 0 Å². The first kappa shape index (κ1) is 13.9. The van der Waals surface area contributed by atoms with E-state index in [0.717, 1.165) is 17.6 Å². The van der Waals surface area contributed by atoms with Gasteiger partial charge in [0.1, 0.15) is 9.84 Å². The quantitative estimate of drug-likeness (QED) is 0.844. The summed E-state index contributed by atoms with van der Waals surface area (Å²) in [6.07, 6.45) is 2.45. The van der Waals surface area contributed by atoms with Crippen LogP contribution in [0.1, 0.15) is 0 Å². The molecule has 6 nitrogen and oxygen atoms in total. The first-order valence-electron chi connectivity index (χ1n) is 3.97. The van der Waals surface area contributed by atoms with Crippen LogP contribution >= 0.6 is 27.3 Å². The van der Waals surface area contributed by atoms with Crippen LogP contribution in [-0.2, 0) is 19.9 Å². The molecule has 0 aliphatic rings. The first-order chi connectivity index (χ1) is 7.18. The Hall–Kier alpha value is -0.190. The Balaban J connectivity index is 2.66. The number of anilines is 1. The van der Waals surface area contributed by atoms with Crippen molar-refractivity contribution in [1.29, 1.82) is 0 Å². The number of thiazole rings is 1. The summed E-state index contributed by atoms with van der Waals surface area (Å²) in [6.45, 7) is 0. The molecule has 0 aromatic carbocycles. The zero-order chi connectivity index (χ0) is 12.4. The molecule has 0 saturated heterocycles. The van der Waals surface area contributed by atoms with E-state index in [2.05, 4.69) is 25.6 Å². The highest BCUT2D eigenvalue weighted by Crippen LogP contribution is 2.23. The van der Waals surface area contributed by atoms with Crippen molar-refractivity contribution < 1.29 is 16.8 Å². The zero-order valence-corrected chi connectivity index (χ0v) is 12.2. The molecule has 1 aromatic heterocycles. The molecule has 0 bridgehead atoms. The number of hydrogen-bond donors (Lipinski definition) is 1. The van der Waals surface area contributed by atoms with Gasteiger partial charge in [-0.05, 0) is 15.9 Å². The minimum atomic E-state index is -3.66. The SMILES string of the molecule is CS(=O)(=O)CCS(=O)(=O)Nc1ncc(Br)s1. The topological polar surface area (TPSA) is 93.2 Å². The normalized spacial score (nSPS) is 12.6. The summed E-state index contributed by atoms with van der Waals surface area (Å²) < 4.78 is 47.4. The Morgan fingerprint density at radius 1 is 1.38 bits per heavy atom. The van der Waals surface area contributed by atoms with Crippen LogP contribution in [0.15, 0.2) is 9.98 Å². The largest absolute Gasteiger partial charge is 0.259 e. The van der Waals surface area contributed by atoms with Crippen LogP contribution in [-0.4, -0.2) is 39.6 Å². The van der Waals surface area contributed by atoms with Gasteiger partial charge in [-0.1, -0.05) is 11.3 Å². The van der Waals surface area contributed by atoms with Crippen molar-refractivity contribution in [2.24, 2.45) is 0 Å². The van der Waals surface area contributed by atoms with E-state index in [1.54, 1.807) is 0 Å². The van der Waals surface area contributed by atoms with Gasteiger partial charge in [-0.15, -0.1) is 0 Å². The number of aromatic nitrogens is 1. The van der Waals surface area contributed by atoms with Gasteiger partial charge in [-0.25, -0.2) is 21.8 Å². The van der Waals surface area contributed by atoms with Crippen molar-refractivity contribution >= 4 is 52.3 Å². The lowest BCUT2D eigenvalue weighted by molar-refractivity contribution is 0.593. The average Bonchev–Trinajstić information content (AvgIpc) is 2.46. The second-order valence-corrected chi connectivity index (χ2v) is 9.53. The monoisotopic (exact) mass is 348 g/mol. The number of nitrogens with zero attached hydrogens (tertiary/aromatic N) is 1. The van der Waals surface area contributed by atoms with Gasteiger partial charge < -0.3 is 0 Å². The maximum absolute atomic E-state index is 11.4. The Labute approximate surface area is 106 Å². The predicted molar refractivity (Wildman–Crippen MR) is 66.9 cm³/mol. The van der Waals surface area contributed by atoms with Crippen molar-refractivity contribution in [2.75, 3.05) is 22.5 Å². The third kappa shape index (κ3) is 5.23. The summed E-state index contributed by atoms with van der Waals surface area (Å²) in [4.78, 5) is 3.78. The molecule has 1 heterocycles. The molecular weight excluding hydrogens is 340 g/mol. The van der Waals surface area contributed by atoms with Crippen LogP contribution in [0.3, 0.4) is 0 Å². The van der Waals surface area contributed by atoms with Crippen molar-refractivity contribution in [3.63, 3.8) is 0 Å². The summed E-state index contributed by atoms with van der Waals surface area (Å²) in [5, 5.41) is 0.209. The van der Waals surface area contributed by atoms with Gasteiger partial charge in [-0.3, -0.25) is 4.72 Å². The van der Waals surface area contributed by atoms with Gasteiger partial charge in [0, 0.05) is 6.26 Å². The van der Waals surface area contributed by atoms with Gasteiger partial charge in [0.25, 0.3) is 0 Å². The van der Waals surface area contributed by atoms with E-state index in [0.29, 0.717) is 3.79 Å². The fourth-order valence-electron chi connectivity index (χ4n) is 0.747. The van der Waals surface area contributed by atoms with E-state index in [9.17, 15) is 16.8 Å². The summed E-state index contributed by atoms with van der Waals surface area (Å²) >= 11 is 4.25. The molecule has 1 aromatic rings. The highest BCUT2D eigenvalue weighted by atomic mass is 79.9. The average molecular weight is 349 g/mol. The van der Waals surface area contributed by atoms with Crippen molar-refractivity contribution in [3.05, 3.63) is 9.98 Å². The van der Waals surface area contributed by atoms with Gasteiger partial charge >= 0.3 is 0 Å². The van der Waals surface area contributed by atoms with Crippen molar-refractivity contribution in [1.82, 2.24) is 4.98 Å². The third-order valence-electron chi connectivity index (χ3n) is 1.44. The summed E-state index contributed by atoms with van der Waals surface area (Å²) in [5.41, 5.74) is 0. The standard InChI is InChI=1S/C6H9BrN2O4S3/c1-15(10,11)2-3-16(12,13)9-6-8-4-5(7)14-6/h4H,2-3H2,1H3,(H,8,9). The van der Waals surface area contributed by atoms with Crippen LogP contribution in [0.4, 0.5) is 5.13 Å². The van der Waals surface area contributed by atoms with Crippen molar-refractivity contribution in [2.45, 2.75) is 0 Å². The molecule has 16 heavy (non-hydrogen) atoms. The maximum Gasteiger partial charge on any atom is 0.235 e. The molecule has 0 unspecified atom stereocenters. The molecule has 0 atom stereocenters. The second-order valence-electron chi connectivity index (χ2n) is 3.02. The Morgan fingerprint density at radius 3 is 2.44 bits per heavy atom. The molecule has 0 spiro atoms. The van der Waals surface area contributed by atoms with Gasteiger partial charge in [-0.2, -0.15) is 0 Å². The van der Waals surface area contributed by atoms with Gasteiger partial charge in [0.15, 0.2) is 5.13 Å². The van der Waals surface area contributed by atoms with E-state index in [1.165, 1.54) is 6.20 Å². The van der Waals surface area contributed by atoms with Crippen molar-refractivity contribution in [3.8, 4) is 0 Å². The molecule has 0 amide bonds. The smallest absolute Gasteiger partial charge is 0.235 e. The summed E-state index contributed by atoms with van der Waals surface area (Å²) in [5.74, 6) is -0.877. The van der Waals surface area contributed by atoms with E-state index in [4.69, 9.17) is 0 Å². The molecule has 10 heteroatoms. The lowest BCUT2D eigenvalue weighted by Gasteiger charge is -2.03. The van der Waals surface area contributed by atoms with Crippen LogP contribution < -0.4 is 4.72 Å². The number of sulfone groups is 1. The Kier molecular flexibility index (Phi) is 4.32. The molecule has 0 aliphatic heterocycles. The number of hydrogen-bond acceptors (Lipinski definition) is 6. The fraction of sp³-hybridized carbons (Fsp3) is 0.500. The molecule has 0 aliphatic carbocycles. The molecule has 1 N–H and O–H groups in total. The number of sulfonamides is 1. The number of nitrogens with one attached hydrogen (secondary N) is 1. The van der Waals surface area contributed by atoms with E-state index < -0.39 is 31.4 Å². The van der Waals surface area contributed by atoms with Gasteiger partial charge in [0.05, 0.1) is 21.5 Å². The van der Waals surface area contributed by atoms with E-state index >= 15 is 0 Å². The Morgan fingerprint density at radius 2 is 2.00 bits per heavy atom. The molecule has 0 fully saturated rings. The number of halogens is 1. The number of rotatable bonds is 5. The Bertz CT molecular complexity index is 562. The summed E-state index contributed by atoms with van der Waals surface area (Å²) in [6, 6.07) is 0. The highest BCUT2D eigenvalue weighted by Gasteiger charge is 2.15. The molecular formula is C6H9BrN2O4S3. The fourth-order valence-corrected chi connectivity index (χ4v) is 4.76. The van der Waals surface area contributed by atoms with Crippen LogP contribution in [0, 0.1) is 0 Å². The molecule has 92 valence electrons. The predicted octanol–water partition coefficient (Wildman–Crippen LogP) is 0.692. The minimum Gasteiger partial charge on any atom is -0.259 e. The van der Waals surface area contributed by atoms with Gasteiger partial charge in [0.2, 0.25) is 10.0 Å². The molecule has 0 saturated carbocycles. The molecule has 0 radical (unpaired) electrons. The first-order valence-corrected chi connectivity index (χ1v) is 9.30. The summed E-state index contributed by atoms with van der Waals surface area (Å²) in [7, 11) is -6.95. The highest BCUT2D eigenvalue weighted by molar-refractivity contribution is 9.11. The van der Waals surface area contributed by atoms with Crippen LogP contribution in [0.2, 0.25) is 0 Å². The lowest BCUT2D eigenvalue weighted by Crippen LogP contribution is -2.22. The molecule has 1 rings (SSSR count). The third-order valence-corrected chi connectivity index (χ3v) is 5.41.